The van der Waals surface area contributed by atoms with Crippen LogP contribution in [-0.4, -0.2) is 39.6 Å². The minimum Gasteiger partial charge on any atom is -0.468 e. The molecule has 0 amide bonds. The molecule has 0 bridgehead atoms. The van der Waals surface area contributed by atoms with Gasteiger partial charge in [0.25, 0.3) is 0 Å². The highest BCUT2D eigenvalue weighted by Crippen LogP contribution is 2.18. The Balaban J connectivity index is 1.87. The van der Waals surface area contributed by atoms with Crippen molar-refractivity contribution in [2.24, 2.45) is 0 Å². The lowest BCUT2D eigenvalue weighted by molar-refractivity contribution is 0.250. The molecule has 1 aromatic carbocycles. The van der Waals surface area contributed by atoms with E-state index < -0.39 is 0 Å². The third kappa shape index (κ3) is 4.34. The molecule has 1 atom stereocenters. The van der Waals surface area contributed by atoms with Crippen molar-refractivity contribution >= 4 is 5.69 Å². The van der Waals surface area contributed by atoms with Crippen molar-refractivity contribution in [3.63, 3.8) is 0 Å². The van der Waals surface area contributed by atoms with Crippen LogP contribution in [0.3, 0.4) is 0 Å². The van der Waals surface area contributed by atoms with E-state index in [0.29, 0.717) is 0 Å². The zero-order valence-electron chi connectivity index (χ0n) is 13.3. The monoisotopic (exact) mass is 287 g/mol. The maximum Gasteiger partial charge on any atom is 0.122 e. The van der Waals surface area contributed by atoms with E-state index in [9.17, 15) is 0 Å². The topological polar surface area (TPSA) is 31.6 Å². The number of nitrogens with one attached hydrogen (secondary N) is 1. The van der Waals surface area contributed by atoms with Crippen LogP contribution in [0.4, 0.5) is 5.69 Å². The third-order valence-corrected chi connectivity index (χ3v) is 3.61. The van der Waals surface area contributed by atoms with E-state index in [2.05, 4.69) is 67.6 Å². The summed E-state index contributed by atoms with van der Waals surface area (Å²) >= 11 is 0. The molecule has 1 N–H and O–H groups in total. The number of nitrogens with zero attached hydrogens (tertiary/aromatic N) is 2. The van der Waals surface area contributed by atoms with Gasteiger partial charge in [-0.1, -0.05) is 12.1 Å². The first-order valence-electron chi connectivity index (χ1n) is 7.24. The first kappa shape index (κ1) is 15.6. The summed E-state index contributed by atoms with van der Waals surface area (Å²) in [7, 11) is 8.25. The molecule has 0 fully saturated rings. The largest absolute Gasteiger partial charge is 0.468 e. The molecule has 1 heterocycles. The lowest BCUT2D eigenvalue weighted by Gasteiger charge is -2.22. The van der Waals surface area contributed by atoms with Crippen LogP contribution in [0.5, 0.6) is 0 Å². The number of hydrogen-bond donors (Lipinski definition) is 1. The highest BCUT2D eigenvalue weighted by molar-refractivity contribution is 5.45. The molecule has 0 aliphatic rings. The van der Waals surface area contributed by atoms with Gasteiger partial charge in [0.05, 0.1) is 12.3 Å². The van der Waals surface area contributed by atoms with E-state index in [1.54, 1.807) is 6.26 Å². The van der Waals surface area contributed by atoms with Crippen LogP contribution in [0.1, 0.15) is 17.4 Å². The molecule has 114 valence electrons. The van der Waals surface area contributed by atoms with Crippen LogP contribution < -0.4 is 10.2 Å². The Morgan fingerprint density at radius 2 is 1.76 bits per heavy atom. The fourth-order valence-electron chi connectivity index (χ4n) is 2.28. The second kappa shape index (κ2) is 7.29. The van der Waals surface area contributed by atoms with Crippen molar-refractivity contribution in [3.8, 4) is 0 Å². The summed E-state index contributed by atoms with van der Waals surface area (Å²) in [6.45, 7) is 1.72. The number of rotatable bonds is 7. The van der Waals surface area contributed by atoms with Crippen molar-refractivity contribution < 1.29 is 4.42 Å². The number of furan rings is 1. The molecule has 0 saturated heterocycles. The lowest BCUT2D eigenvalue weighted by Crippen LogP contribution is -2.30. The van der Waals surface area contributed by atoms with Crippen LogP contribution >= 0.6 is 0 Å². The molecule has 2 rings (SSSR count). The second-order valence-corrected chi connectivity index (χ2v) is 5.69. The van der Waals surface area contributed by atoms with Gasteiger partial charge in [-0.05, 0) is 43.9 Å². The predicted octanol–water partition coefficient (Wildman–Crippen LogP) is 2.74. The second-order valence-electron chi connectivity index (χ2n) is 5.69. The number of likely N-dealkylation sites (N-methyl/N-ethyl adjacent to an activating group) is 1. The van der Waals surface area contributed by atoms with Crippen LogP contribution in [0.15, 0.2) is 47.1 Å². The fraction of sp³-hybridized carbons (Fsp3) is 0.412. The van der Waals surface area contributed by atoms with E-state index in [4.69, 9.17) is 4.42 Å². The molecule has 4 heteroatoms. The van der Waals surface area contributed by atoms with Crippen molar-refractivity contribution in [1.82, 2.24) is 10.2 Å². The summed E-state index contributed by atoms with van der Waals surface area (Å²) in [5.41, 5.74) is 2.51. The van der Waals surface area contributed by atoms with Crippen LogP contribution in [0.2, 0.25) is 0 Å². The Hall–Kier alpha value is -1.78. The van der Waals surface area contributed by atoms with Crippen LogP contribution in [-0.2, 0) is 6.54 Å². The van der Waals surface area contributed by atoms with Gasteiger partial charge in [-0.2, -0.15) is 0 Å². The summed E-state index contributed by atoms with van der Waals surface area (Å²) in [4.78, 5) is 4.27. The quantitative estimate of drug-likeness (QED) is 0.848. The molecule has 21 heavy (non-hydrogen) atoms. The fourth-order valence-corrected chi connectivity index (χ4v) is 2.28. The number of benzene rings is 1. The maximum absolute atomic E-state index is 5.51. The zero-order chi connectivity index (χ0) is 15.2. The van der Waals surface area contributed by atoms with E-state index in [-0.39, 0.29) is 6.04 Å². The highest BCUT2D eigenvalue weighted by atomic mass is 16.3. The summed E-state index contributed by atoms with van der Waals surface area (Å²) in [5.74, 6) is 0.996. The molecule has 0 radical (unpaired) electrons. The van der Waals surface area contributed by atoms with E-state index in [1.807, 2.05) is 12.1 Å². The van der Waals surface area contributed by atoms with Gasteiger partial charge in [-0.15, -0.1) is 0 Å². The van der Waals surface area contributed by atoms with E-state index in [0.717, 1.165) is 18.8 Å². The normalized spacial score (nSPS) is 12.6. The van der Waals surface area contributed by atoms with Crippen molar-refractivity contribution in [1.29, 1.82) is 0 Å². The third-order valence-electron chi connectivity index (χ3n) is 3.61. The summed E-state index contributed by atoms with van der Waals surface area (Å²) in [5, 5.41) is 3.50. The average Bonchev–Trinajstić information content (AvgIpc) is 2.97. The summed E-state index contributed by atoms with van der Waals surface area (Å²) in [6, 6.07) is 12.8. The molecular formula is C17H25N3O. The molecular weight excluding hydrogens is 262 g/mol. The van der Waals surface area contributed by atoms with Gasteiger partial charge >= 0.3 is 0 Å². The molecule has 4 nitrogen and oxygen atoms in total. The van der Waals surface area contributed by atoms with Gasteiger partial charge in [0.1, 0.15) is 5.76 Å². The lowest BCUT2D eigenvalue weighted by atomic mass is 10.1. The molecule has 0 aliphatic heterocycles. The van der Waals surface area contributed by atoms with Gasteiger partial charge in [0, 0.05) is 32.9 Å². The van der Waals surface area contributed by atoms with E-state index >= 15 is 0 Å². The van der Waals surface area contributed by atoms with Gasteiger partial charge in [-0.25, -0.2) is 0 Å². The zero-order valence-corrected chi connectivity index (χ0v) is 13.3. The standard InChI is InChI=1S/C17H25N3O/c1-19(2)15-9-7-14(8-10-15)12-18-13-16(20(3)4)17-6-5-11-21-17/h5-11,16,18H,12-13H2,1-4H3. The van der Waals surface area contributed by atoms with Crippen molar-refractivity contribution in [2.45, 2.75) is 12.6 Å². The number of hydrogen-bond acceptors (Lipinski definition) is 4. The summed E-state index contributed by atoms with van der Waals surface area (Å²) in [6.07, 6.45) is 1.73. The number of anilines is 1. The molecule has 1 aromatic heterocycles. The smallest absolute Gasteiger partial charge is 0.122 e. The molecule has 0 aliphatic carbocycles. The first-order valence-corrected chi connectivity index (χ1v) is 7.24. The highest BCUT2D eigenvalue weighted by Gasteiger charge is 2.16. The van der Waals surface area contributed by atoms with Gasteiger partial charge < -0.3 is 14.6 Å². The Morgan fingerprint density at radius 1 is 1.05 bits per heavy atom. The maximum atomic E-state index is 5.51. The Kier molecular flexibility index (Phi) is 5.42. The van der Waals surface area contributed by atoms with Gasteiger partial charge in [0.2, 0.25) is 0 Å². The minimum atomic E-state index is 0.251. The average molecular weight is 287 g/mol. The van der Waals surface area contributed by atoms with Crippen molar-refractivity contribution in [2.75, 3.05) is 39.6 Å². The van der Waals surface area contributed by atoms with E-state index in [1.165, 1.54) is 11.3 Å². The SMILES string of the molecule is CN(C)c1ccc(CNCC(c2ccco2)N(C)C)cc1. The molecule has 0 saturated carbocycles. The molecule has 2 aromatic rings. The predicted molar refractivity (Wildman–Crippen MR) is 87.6 cm³/mol. The molecule has 0 spiro atoms. The summed E-state index contributed by atoms with van der Waals surface area (Å²) < 4.78 is 5.51. The van der Waals surface area contributed by atoms with Gasteiger partial charge in [0.15, 0.2) is 0 Å². The first-order chi connectivity index (χ1) is 10.1. The molecule has 1 unspecified atom stereocenters. The minimum absolute atomic E-state index is 0.251. The van der Waals surface area contributed by atoms with Gasteiger partial charge in [-0.3, -0.25) is 4.90 Å². The Bertz CT molecular complexity index is 517. The van der Waals surface area contributed by atoms with Crippen molar-refractivity contribution in [3.05, 3.63) is 54.0 Å². The Labute approximate surface area is 127 Å². The van der Waals surface area contributed by atoms with Crippen LogP contribution in [0, 0.1) is 0 Å². The Morgan fingerprint density at radius 3 is 2.29 bits per heavy atom. The van der Waals surface area contributed by atoms with Crippen LogP contribution in [0.25, 0.3) is 0 Å².